The quantitative estimate of drug-likeness (QED) is 0.570. The molecule has 0 fully saturated rings. The zero-order valence-corrected chi connectivity index (χ0v) is 18.6. The summed E-state index contributed by atoms with van der Waals surface area (Å²) in [6.45, 7) is 4.02. The number of nitrogens with one attached hydrogen (secondary N) is 1. The van der Waals surface area contributed by atoms with Gasteiger partial charge in [-0.1, -0.05) is 24.3 Å². The highest BCUT2D eigenvalue weighted by molar-refractivity contribution is 8.00. The number of thioether (sulfide) groups is 1. The van der Waals surface area contributed by atoms with E-state index in [2.05, 4.69) is 5.32 Å². The number of nitrogens with zero attached hydrogens (tertiary/aromatic N) is 2. The lowest BCUT2D eigenvalue weighted by Crippen LogP contribution is -2.20. The Labute approximate surface area is 190 Å². The van der Waals surface area contributed by atoms with E-state index in [0.29, 0.717) is 29.7 Å². The Morgan fingerprint density at radius 2 is 2.00 bits per heavy atom. The number of fused-ring (bicyclic) bond motifs is 1. The molecule has 0 saturated heterocycles. The maximum Gasteiger partial charge on any atom is 0.255 e. The first-order valence-corrected chi connectivity index (χ1v) is 11.3. The van der Waals surface area contributed by atoms with Gasteiger partial charge in [-0.25, -0.2) is 4.68 Å². The number of hydrogen-bond acceptors (Lipinski definition) is 6. The second-order valence-corrected chi connectivity index (χ2v) is 8.32. The van der Waals surface area contributed by atoms with Crippen LogP contribution in [0.1, 0.15) is 29.0 Å². The van der Waals surface area contributed by atoms with Crippen molar-refractivity contribution in [3.05, 3.63) is 65.4 Å². The van der Waals surface area contributed by atoms with Crippen molar-refractivity contribution in [3.63, 3.8) is 0 Å². The summed E-state index contributed by atoms with van der Waals surface area (Å²) in [5.74, 6) is 1.29. The van der Waals surface area contributed by atoms with E-state index in [1.54, 1.807) is 10.7 Å². The van der Waals surface area contributed by atoms with Crippen LogP contribution in [0.2, 0.25) is 0 Å². The number of para-hydroxylation sites is 1. The van der Waals surface area contributed by atoms with Crippen LogP contribution in [0.5, 0.6) is 11.5 Å². The van der Waals surface area contributed by atoms with Crippen molar-refractivity contribution in [1.29, 1.82) is 0 Å². The SMILES string of the molecule is CCOc1cc([C@@H]2SCC(=O)Nc3c2c(C)nn3-c2ccccc2)ccc1OCC(N)=O. The minimum Gasteiger partial charge on any atom is -0.490 e. The zero-order valence-electron chi connectivity index (χ0n) is 17.8. The van der Waals surface area contributed by atoms with E-state index >= 15 is 0 Å². The van der Waals surface area contributed by atoms with Gasteiger partial charge in [-0.2, -0.15) is 5.10 Å². The van der Waals surface area contributed by atoms with Gasteiger partial charge in [0.05, 0.1) is 29.0 Å². The molecule has 0 spiro atoms. The van der Waals surface area contributed by atoms with Gasteiger partial charge in [-0.15, -0.1) is 11.8 Å². The van der Waals surface area contributed by atoms with Crippen molar-refractivity contribution in [3.8, 4) is 17.2 Å². The fourth-order valence-corrected chi connectivity index (χ4v) is 4.81. The van der Waals surface area contributed by atoms with Crippen LogP contribution in [0.25, 0.3) is 5.69 Å². The molecule has 4 rings (SSSR count). The molecule has 32 heavy (non-hydrogen) atoms. The standard InChI is InChI=1S/C23H24N4O4S/c1-3-30-18-11-15(9-10-17(18)31-12-19(24)28)22-21-14(2)26-27(16-7-5-4-6-8-16)23(21)25-20(29)13-32-22/h4-11,22H,3,12-13H2,1-2H3,(H2,24,28)(H,25,29)/t22-/m0/s1. The van der Waals surface area contributed by atoms with Gasteiger partial charge in [0, 0.05) is 5.56 Å². The Hall–Kier alpha value is -3.46. The van der Waals surface area contributed by atoms with Gasteiger partial charge < -0.3 is 20.5 Å². The molecule has 0 unspecified atom stereocenters. The molecule has 0 aliphatic carbocycles. The van der Waals surface area contributed by atoms with Gasteiger partial charge in [0.1, 0.15) is 5.82 Å². The van der Waals surface area contributed by atoms with Crippen molar-refractivity contribution in [2.24, 2.45) is 5.73 Å². The molecule has 0 radical (unpaired) electrons. The number of nitrogens with two attached hydrogens (primary N) is 1. The predicted octanol–water partition coefficient (Wildman–Crippen LogP) is 3.22. The van der Waals surface area contributed by atoms with Crippen molar-refractivity contribution in [1.82, 2.24) is 9.78 Å². The fourth-order valence-electron chi connectivity index (χ4n) is 3.63. The molecule has 0 bridgehead atoms. The number of carbonyl (C=O) groups is 2. The number of benzene rings is 2. The van der Waals surface area contributed by atoms with Crippen LogP contribution >= 0.6 is 11.8 Å². The lowest BCUT2D eigenvalue weighted by Gasteiger charge is -2.18. The monoisotopic (exact) mass is 452 g/mol. The molecule has 3 N–H and O–H groups in total. The van der Waals surface area contributed by atoms with Gasteiger partial charge >= 0.3 is 0 Å². The van der Waals surface area contributed by atoms with Crippen molar-refractivity contribution >= 4 is 29.4 Å². The molecule has 2 aromatic carbocycles. The van der Waals surface area contributed by atoms with E-state index in [1.807, 2.05) is 56.3 Å². The number of aromatic nitrogens is 2. The first-order valence-electron chi connectivity index (χ1n) is 10.2. The summed E-state index contributed by atoms with van der Waals surface area (Å²) < 4.78 is 13.0. The van der Waals surface area contributed by atoms with Crippen LogP contribution in [-0.4, -0.2) is 40.6 Å². The molecular formula is C23H24N4O4S. The average molecular weight is 453 g/mol. The van der Waals surface area contributed by atoms with Gasteiger partial charge in [-0.05, 0) is 43.7 Å². The second-order valence-electron chi connectivity index (χ2n) is 7.23. The van der Waals surface area contributed by atoms with E-state index in [1.165, 1.54) is 11.8 Å². The zero-order chi connectivity index (χ0) is 22.7. The first kappa shape index (κ1) is 21.8. The normalized spacial score (nSPS) is 15.4. The number of ether oxygens (including phenoxy) is 2. The van der Waals surface area contributed by atoms with Crippen LogP contribution in [0.4, 0.5) is 5.82 Å². The molecule has 1 aromatic heterocycles. The number of amides is 2. The topological polar surface area (TPSA) is 108 Å². The van der Waals surface area contributed by atoms with Gasteiger partial charge in [0.15, 0.2) is 18.1 Å². The minimum atomic E-state index is -0.561. The number of rotatable bonds is 7. The van der Waals surface area contributed by atoms with Crippen LogP contribution in [0.15, 0.2) is 48.5 Å². The van der Waals surface area contributed by atoms with Crippen LogP contribution in [-0.2, 0) is 9.59 Å². The van der Waals surface area contributed by atoms with Gasteiger partial charge in [0.25, 0.3) is 5.91 Å². The molecule has 1 aliphatic rings. The summed E-state index contributed by atoms with van der Waals surface area (Å²) in [4.78, 5) is 23.7. The van der Waals surface area contributed by atoms with Crippen molar-refractivity contribution in [2.45, 2.75) is 19.1 Å². The molecule has 8 nitrogen and oxygen atoms in total. The van der Waals surface area contributed by atoms with Crippen LogP contribution in [0.3, 0.4) is 0 Å². The Kier molecular flexibility index (Phi) is 6.36. The van der Waals surface area contributed by atoms with E-state index < -0.39 is 5.91 Å². The third-order valence-electron chi connectivity index (χ3n) is 4.95. The van der Waals surface area contributed by atoms with Gasteiger partial charge in [0.2, 0.25) is 5.91 Å². The van der Waals surface area contributed by atoms with E-state index in [4.69, 9.17) is 20.3 Å². The summed E-state index contributed by atoms with van der Waals surface area (Å²) in [5, 5.41) is 7.60. The molecule has 0 saturated carbocycles. The van der Waals surface area contributed by atoms with Gasteiger partial charge in [-0.3, -0.25) is 9.59 Å². The maximum absolute atomic E-state index is 12.5. The first-order chi connectivity index (χ1) is 15.5. The Morgan fingerprint density at radius 1 is 1.22 bits per heavy atom. The van der Waals surface area contributed by atoms with Crippen molar-refractivity contribution < 1.29 is 19.1 Å². The number of primary amides is 1. The van der Waals surface area contributed by atoms with E-state index in [0.717, 1.165) is 22.5 Å². The highest BCUT2D eigenvalue weighted by Crippen LogP contribution is 2.45. The summed E-state index contributed by atoms with van der Waals surface area (Å²) in [6, 6.07) is 15.3. The third-order valence-corrected chi connectivity index (χ3v) is 6.22. The molecule has 1 aliphatic heterocycles. The minimum absolute atomic E-state index is 0.0812. The molecular weight excluding hydrogens is 428 g/mol. The summed E-state index contributed by atoms with van der Waals surface area (Å²) in [7, 11) is 0. The van der Waals surface area contributed by atoms with E-state index in [9.17, 15) is 9.59 Å². The number of hydrogen-bond donors (Lipinski definition) is 2. The highest BCUT2D eigenvalue weighted by atomic mass is 32.2. The maximum atomic E-state index is 12.5. The van der Waals surface area contributed by atoms with E-state index in [-0.39, 0.29) is 17.8 Å². The Balaban J connectivity index is 1.78. The molecule has 9 heteroatoms. The summed E-state index contributed by atoms with van der Waals surface area (Å²) >= 11 is 1.53. The lowest BCUT2D eigenvalue weighted by atomic mass is 10.0. The lowest BCUT2D eigenvalue weighted by molar-refractivity contribution is -0.120. The molecule has 3 aromatic rings. The van der Waals surface area contributed by atoms with Crippen LogP contribution < -0.4 is 20.5 Å². The largest absolute Gasteiger partial charge is 0.490 e. The number of anilines is 1. The van der Waals surface area contributed by atoms with Crippen LogP contribution in [0, 0.1) is 6.92 Å². The Bertz CT molecular complexity index is 1150. The summed E-state index contributed by atoms with van der Waals surface area (Å²) in [5.41, 5.74) is 8.79. The Morgan fingerprint density at radius 3 is 2.72 bits per heavy atom. The average Bonchev–Trinajstić information content (AvgIpc) is 2.98. The number of aryl methyl sites for hydroxylation is 1. The second kappa shape index (κ2) is 9.35. The summed E-state index contributed by atoms with van der Waals surface area (Å²) in [6.07, 6.45) is 0. The highest BCUT2D eigenvalue weighted by Gasteiger charge is 2.31. The molecule has 2 heterocycles. The molecule has 166 valence electrons. The third kappa shape index (κ3) is 4.43. The fraction of sp³-hybridized carbons (Fsp3) is 0.261. The molecule has 2 amide bonds. The van der Waals surface area contributed by atoms with Crippen molar-refractivity contribution in [2.75, 3.05) is 24.3 Å². The predicted molar refractivity (Wildman–Crippen MR) is 124 cm³/mol. The number of carbonyl (C=O) groups excluding carboxylic acids is 2. The smallest absolute Gasteiger partial charge is 0.255 e. The molecule has 1 atom stereocenters.